The molecule has 7 heteroatoms. The maximum absolute atomic E-state index is 12.4. The molecule has 25 heavy (non-hydrogen) atoms. The second-order valence-electron chi connectivity index (χ2n) is 6.66. The number of nitrogens with one attached hydrogen (secondary N) is 2. The number of hydrogen-bond donors (Lipinski definition) is 2. The molecule has 0 saturated heterocycles. The van der Waals surface area contributed by atoms with Gasteiger partial charge in [0.1, 0.15) is 11.4 Å². The van der Waals surface area contributed by atoms with Crippen LogP contribution in [0.2, 0.25) is 0 Å². The molecule has 4 rings (SSSR count). The van der Waals surface area contributed by atoms with Crippen molar-refractivity contribution in [3.8, 4) is 0 Å². The Kier molecular flexibility index (Phi) is 3.71. The Morgan fingerprint density at radius 1 is 1.28 bits per heavy atom. The van der Waals surface area contributed by atoms with Gasteiger partial charge in [-0.2, -0.15) is 0 Å². The van der Waals surface area contributed by atoms with Crippen LogP contribution in [0.5, 0.6) is 0 Å². The van der Waals surface area contributed by atoms with Gasteiger partial charge in [0.2, 0.25) is 5.91 Å². The highest BCUT2D eigenvalue weighted by Gasteiger charge is 2.32. The van der Waals surface area contributed by atoms with Gasteiger partial charge in [-0.05, 0) is 49.9 Å². The normalized spacial score (nSPS) is 16.6. The first kappa shape index (κ1) is 15.7. The summed E-state index contributed by atoms with van der Waals surface area (Å²) in [6.45, 7) is 1.82. The zero-order valence-electron chi connectivity index (χ0n) is 14.3. The summed E-state index contributed by atoms with van der Waals surface area (Å²) < 4.78 is 5.34. The molecular formula is C18H20N4O3. The van der Waals surface area contributed by atoms with Gasteiger partial charge in [0.25, 0.3) is 0 Å². The molecule has 130 valence electrons. The molecule has 1 aromatic heterocycles. The Morgan fingerprint density at radius 3 is 2.84 bits per heavy atom. The number of fused-ring (bicyclic) bond motifs is 1. The van der Waals surface area contributed by atoms with Crippen LogP contribution in [-0.2, 0) is 11.2 Å². The van der Waals surface area contributed by atoms with Crippen LogP contribution >= 0.6 is 0 Å². The average molecular weight is 340 g/mol. The van der Waals surface area contributed by atoms with Crippen LogP contribution in [0.1, 0.15) is 42.2 Å². The largest absolute Gasteiger partial charge is 0.359 e. The van der Waals surface area contributed by atoms with Crippen molar-refractivity contribution in [2.45, 2.75) is 38.5 Å². The molecule has 1 aliphatic carbocycles. The Labute approximate surface area is 145 Å². The van der Waals surface area contributed by atoms with Crippen LogP contribution in [0.4, 0.5) is 21.9 Å². The maximum Gasteiger partial charge on any atom is 0.323 e. The molecule has 0 radical (unpaired) electrons. The van der Waals surface area contributed by atoms with E-state index in [1.165, 1.54) is 0 Å². The van der Waals surface area contributed by atoms with Gasteiger partial charge in [0.05, 0.1) is 0 Å². The first-order chi connectivity index (χ1) is 12.0. The van der Waals surface area contributed by atoms with Gasteiger partial charge in [0, 0.05) is 30.8 Å². The number of benzene rings is 1. The number of urea groups is 1. The summed E-state index contributed by atoms with van der Waals surface area (Å²) in [6, 6.07) is 5.26. The average Bonchev–Trinajstić information content (AvgIpc) is 3.37. The van der Waals surface area contributed by atoms with Gasteiger partial charge in [0.15, 0.2) is 5.76 Å². The highest BCUT2D eigenvalue weighted by atomic mass is 16.5. The predicted molar refractivity (Wildman–Crippen MR) is 94.0 cm³/mol. The van der Waals surface area contributed by atoms with Crippen molar-refractivity contribution in [3.63, 3.8) is 0 Å². The summed E-state index contributed by atoms with van der Waals surface area (Å²) in [5, 5.41) is 9.66. The molecule has 2 aliphatic rings. The monoisotopic (exact) mass is 340 g/mol. The molecule has 0 bridgehead atoms. The first-order valence-corrected chi connectivity index (χ1v) is 8.46. The SMILES string of the molecule is Cc1noc(C2CC2)c1NC(=O)Nc1ccc2c(c1)CCC(=O)N2C. The van der Waals surface area contributed by atoms with Gasteiger partial charge in [-0.25, -0.2) is 4.79 Å². The van der Waals surface area contributed by atoms with E-state index in [9.17, 15) is 9.59 Å². The number of carbonyl (C=O) groups excluding carboxylic acids is 2. The fourth-order valence-electron chi connectivity index (χ4n) is 3.17. The third-order valence-corrected chi connectivity index (χ3v) is 4.76. The zero-order valence-corrected chi connectivity index (χ0v) is 14.3. The number of rotatable bonds is 3. The van der Waals surface area contributed by atoms with Crippen molar-refractivity contribution in [1.82, 2.24) is 5.16 Å². The molecule has 0 spiro atoms. The highest BCUT2D eigenvalue weighted by Crippen LogP contribution is 2.44. The van der Waals surface area contributed by atoms with Crippen molar-refractivity contribution in [3.05, 3.63) is 35.2 Å². The van der Waals surface area contributed by atoms with Crippen molar-refractivity contribution in [1.29, 1.82) is 0 Å². The Bertz CT molecular complexity index is 854. The van der Waals surface area contributed by atoms with E-state index in [4.69, 9.17) is 4.52 Å². The van der Waals surface area contributed by atoms with Gasteiger partial charge in [-0.15, -0.1) is 0 Å². The number of anilines is 3. The number of carbonyl (C=O) groups is 2. The van der Waals surface area contributed by atoms with E-state index in [1.54, 1.807) is 18.0 Å². The minimum Gasteiger partial charge on any atom is -0.359 e. The summed E-state index contributed by atoms with van der Waals surface area (Å²) in [6.07, 6.45) is 3.32. The summed E-state index contributed by atoms with van der Waals surface area (Å²) in [7, 11) is 1.77. The lowest BCUT2D eigenvalue weighted by Gasteiger charge is -2.26. The smallest absolute Gasteiger partial charge is 0.323 e. The van der Waals surface area contributed by atoms with E-state index in [2.05, 4.69) is 15.8 Å². The lowest BCUT2D eigenvalue weighted by molar-refractivity contribution is -0.118. The fourth-order valence-corrected chi connectivity index (χ4v) is 3.17. The second-order valence-corrected chi connectivity index (χ2v) is 6.66. The fraction of sp³-hybridized carbons (Fsp3) is 0.389. The van der Waals surface area contributed by atoms with E-state index in [1.807, 2.05) is 19.1 Å². The van der Waals surface area contributed by atoms with Crippen LogP contribution in [0.25, 0.3) is 0 Å². The van der Waals surface area contributed by atoms with Crippen LogP contribution in [0, 0.1) is 6.92 Å². The Hall–Kier alpha value is -2.83. The third kappa shape index (κ3) is 2.97. The van der Waals surface area contributed by atoms with Crippen molar-refractivity contribution < 1.29 is 14.1 Å². The predicted octanol–water partition coefficient (Wildman–Crippen LogP) is 3.41. The van der Waals surface area contributed by atoms with Crippen LogP contribution in [-0.4, -0.2) is 24.1 Å². The third-order valence-electron chi connectivity index (χ3n) is 4.76. The van der Waals surface area contributed by atoms with E-state index in [-0.39, 0.29) is 11.9 Å². The highest BCUT2D eigenvalue weighted by molar-refractivity contribution is 6.01. The molecule has 1 aliphatic heterocycles. The molecule has 1 saturated carbocycles. The first-order valence-electron chi connectivity index (χ1n) is 8.46. The summed E-state index contributed by atoms with van der Waals surface area (Å²) >= 11 is 0. The lowest BCUT2D eigenvalue weighted by Crippen LogP contribution is -2.31. The van der Waals surface area contributed by atoms with Crippen molar-refractivity contribution in [2.75, 3.05) is 22.6 Å². The standard InChI is InChI=1S/C18H20N4O3/c1-10-16(17(25-21-10)11-3-4-11)20-18(24)19-13-6-7-14-12(9-13)5-8-15(23)22(14)2/h6-7,9,11H,3-5,8H2,1-2H3,(H2,19,20,24). The number of amides is 3. The van der Waals surface area contributed by atoms with Gasteiger partial charge in [-0.1, -0.05) is 5.16 Å². The molecular weight excluding hydrogens is 320 g/mol. The Morgan fingerprint density at radius 2 is 2.08 bits per heavy atom. The number of aryl methyl sites for hydroxylation is 2. The molecule has 2 aromatic rings. The van der Waals surface area contributed by atoms with E-state index >= 15 is 0 Å². The second kappa shape index (κ2) is 5.91. The number of nitrogens with zero attached hydrogens (tertiary/aromatic N) is 2. The lowest BCUT2D eigenvalue weighted by atomic mass is 10.0. The van der Waals surface area contributed by atoms with E-state index in [0.29, 0.717) is 35.8 Å². The molecule has 0 atom stereocenters. The Balaban J connectivity index is 1.48. The number of aromatic nitrogens is 1. The van der Waals surface area contributed by atoms with Gasteiger partial charge < -0.3 is 20.1 Å². The van der Waals surface area contributed by atoms with Crippen LogP contribution < -0.4 is 15.5 Å². The molecule has 1 fully saturated rings. The molecule has 3 amide bonds. The summed E-state index contributed by atoms with van der Waals surface area (Å²) in [4.78, 5) is 25.8. The minimum atomic E-state index is -0.326. The van der Waals surface area contributed by atoms with Crippen molar-refractivity contribution in [2.24, 2.45) is 0 Å². The molecule has 7 nitrogen and oxygen atoms in total. The van der Waals surface area contributed by atoms with E-state index in [0.717, 1.165) is 29.9 Å². The molecule has 2 N–H and O–H groups in total. The van der Waals surface area contributed by atoms with Gasteiger partial charge in [-0.3, -0.25) is 4.79 Å². The van der Waals surface area contributed by atoms with Gasteiger partial charge >= 0.3 is 6.03 Å². The molecule has 0 unspecified atom stereocenters. The summed E-state index contributed by atoms with van der Waals surface area (Å²) in [5.41, 5.74) is 4.00. The summed E-state index contributed by atoms with van der Waals surface area (Å²) in [5.74, 6) is 1.24. The quantitative estimate of drug-likeness (QED) is 0.896. The topological polar surface area (TPSA) is 87.5 Å². The van der Waals surface area contributed by atoms with Crippen molar-refractivity contribution >= 4 is 29.0 Å². The maximum atomic E-state index is 12.4. The van der Waals surface area contributed by atoms with Crippen LogP contribution in [0.15, 0.2) is 22.7 Å². The minimum absolute atomic E-state index is 0.112. The molecule has 2 heterocycles. The zero-order chi connectivity index (χ0) is 17.6. The number of hydrogen-bond acceptors (Lipinski definition) is 4. The molecule has 1 aromatic carbocycles. The van der Waals surface area contributed by atoms with E-state index < -0.39 is 0 Å². The van der Waals surface area contributed by atoms with Crippen LogP contribution in [0.3, 0.4) is 0 Å².